The third-order valence-corrected chi connectivity index (χ3v) is 2.04. The molecule has 0 saturated heterocycles. The van der Waals surface area contributed by atoms with Crippen molar-refractivity contribution in [3.63, 3.8) is 0 Å². The van der Waals surface area contributed by atoms with Crippen LogP contribution in [-0.2, 0) is 0 Å². The highest BCUT2D eigenvalue weighted by atomic mass is 14.9. The first-order valence-electron chi connectivity index (χ1n) is 4.62. The van der Waals surface area contributed by atoms with E-state index < -0.39 is 0 Å². The molecule has 0 radical (unpaired) electrons. The lowest BCUT2D eigenvalue weighted by molar-refractivity contribution is 1.11. The van der Waals surface area contributed by atoms with E-state index in [1.807, 2.05) is 0 Å². The second-order valence-corrected chi connectivity index (χ2v) is 3.04. The van der Waals surface area contributed by atoms with Gasteiger partial charge in [-0.15, -0.1) is 0 Å². The number of fused-ring (bicyclic) bond motifs is 1. The van der Waals surface area contributed by atoms with Gasteiger partial charge in [-0.25, -0.2) is 4.99 Å². The van der Waals surface area contributed by atoms with Crippen LogP contribution in [0, 0.1) is 29.6 Å². The Kier molecular flexibility index (Phi) is 2.79. The van der Waals surface area contributed by atoms with Gasteiger partial charge in [-0.05, 0) is 0 Å². The van der Waals surface area contributed by atoms with Crippen molar-refractivity contribution >= 4 is 12.1 Å². The fraction of sp³-hybridized carbons (Fsp3) is 0.333. The summed E-state index contributed by atoms with van der Waals surface area (Å²) in [6.07, 6.45) is 7.25. The van der Waals surface area contributed by atoms with E-state index in [0.717, 1.165) is 12.1 Å². The predicted molar refractivity (Wildman–Crippen MR) is 58.2 cm³/mol. The molecular weight excluding hydrogens is 172 g/mol. The quantitative estimate of drug-likeness (QED) is 0.400. The minimum Gasteiger partial charge on any atom is -0.261 e. The smallest absolute Gasteiger partial charge is 0.111 e. The number of hydrogen-bond donors (Lipinski definition) is 0. The molecule has 0 aromatic carbocycles. The SMILES string of the molecule is C1#CCC2=NC=NCC#CC2/C=C\C1. The molecule has 2 rings (SSSR count). The zero-order chi connectivity index (χ0) is 9.64. The lowest BCUT2D eigenvalue weighted by Gasteiger charge is -2.08. The van der Waals surface area contributed by atoms with E-state index in [-0.39, 0.29) is 5.92 Å². The van der Waals surface area contributed by atoms with Gasteiger partial charge in [-0.1, -0.05) is 35.8 Å². The second kappa shape index (κ2) is 4.44. The fourth-order valence-electron chi connectivity index (χ4n) is 1.32. The van der Waals surface area contributed by atoms with Gasteiger partial charge in [0, 0.05) is 12.8 Å². The summed E-state index contributed by atoms with van der Waals surface area (Å²) in [5.41, 5.74) is 1.00. The molecule has 14 heavy (non-hydrogen) atoms. The highest BCUT2D eigenvalue weighted by molar-refractivity contribution is 5.97. The van der Waals surface area contributed by atoms with Crippen LogP contribution < -0.4 is 0 Å². The van der Waals surface area contributed by atoms with Gasteiger partial charge in [-0.2, -0.15) is 0 Å². The van der Waals surface area contributed by atoms with Crippen molar-refractivity contribution in [1.29, 1.82) is 0 Å². The second-order valence-electron chi connectivity index (χ2n) is 3.04. The molecular formula is C12H10N2. The summed E-state index contributed by atoms with van der Waals surface area (Å²) >= 11 is 0. The Bertz CT molecular complexity index is 419. The molecule has 2 aliphatic rings. The van der Waals surface area contributed by atoms with Crippen LogP contribution in [0.15, 0.2) is 22.1 Å². The van der Waals surface area contributed by atoms with Crippen molar-refractivity contribution in [2.24, 2.45) is 15.9 Å². The van der Waals surface area contributed by atoms with Gasteiger partial charge in [0.25, 0.3) is 0 Å². The molecule has 1 aliphatic carbocycles. The van der Waals surface area contributed by atoms with Crippen molar-refractivity contribution in [1.82, 2.24) is 0 Å². The number of rotatable bonds is 0. The Morgan fingerprint density at radius 3 is 3.29 bits per heavy atom. The first kappa shape index (κ1) is 8.78. The normalized spacial score (nSPS) is 25.7. The summed E-state index contributed by atoms with van der Waals surface area (Å²) in [6.45, 7) is 0.548. The number of aliphatic imine (C=N–C) groups is 2. The predicted octanol–water partition coefficient (Wildman–Crippen LogP) is 1.44. The van der Waals surface area contributed by atoms with E-state index in [1.165, 1.54) is 0 Å². The van der Waals surface area contributed by atoms with Crippen LogP contribution in [0.3, 0.4) is 0 Å². The fourth-order valence-corrected chi connectivity index (χ4v) is 1.32. The summed E-state index contributed by atoms with van der Waals surface area (Å²) in [5.74, 6) is 12.4. The Morgan fingerprint density at radius 1 is 1.29 bits per heavy atom. The molecule has 1 aliphatic heterocycles. The van der Waals surface area contributed by atoms with E-state index in [4.69, 9.17) is 0 Å². The summed E-state index contributed by atoms with van der Waals surface area (Å²) in [5, 5.41) is 0. The van der Waals surface area contributed by atoms with Crippen LogP contribution in [0.4, 0.5) is 0 Å². The maximum absolute atomic E-state index is 4.28. The molecule has 0 spiro atoms. The van der Waals surface area contributed by atoms with Gasteiger partial charge in [0.05, 0.1) is 11.6 Å². The highest BCUT2D eigenvalue weighted by Gasteiger charge is 2.10. The minimum absolute atomic E-state index is 0.136. The molecule has 0 amide bonds. The Hall–Kier alpha value is -1.80. The van der Waals surface area contributed by atoms with Crippen molar-refractivity contribution in [2.45, 2.75) is 12.8 Å². The molecule has 0 aromatic heterocycles. The van der Waals surface area contributed by atoms with Gasteiger partial charge in [0.2, 0.25) is 0 Å². The summed E-state index contributed by atoms with van der Waals surface area (Å²) in [4.78, 5) is 8.29. The molecule has 2 heteroatoms. The Morgan fingerprint density at radius 2 is 2.29 bits per heavy atom. The first-order chi connectivity index (χ1) is 6.97. The number of allylic oxidation sites excluding steroid dienone is 2. The first-order valence-corrected chi connectivity index (χ1v) is 4.62. The van der Waals surface area contributed by atoms with E-state index >= 15 is 0 Å². The molecule has 1 unspecified atom stereocenters. The van der Waals surface area contributed by atoms with Crippen molar-refractivity contribution < 1.29 is 0 Å². The van der Waals surface area contributed by atoms with Crippen LogP contribution >= 0.6 is 0 Å². The van der Waals surface area contributed by atoms with Crippen LogP contribution in [0.2, 0.25) is 0 Å². The lowest BCUT2D eigenvalue weighted by atomic mass is 9.98. The highest BCUT2D eigenvalue weighted by Crippen LogP contribution is 2.08. The van der Waals surface area contributed by atoms with Gasteiger partial charge in [-0.3, -0.25) is 4.99 Å². The molecule has 0 aromatic rings. The van der Waals surface area contributed by atoms with E-state index in [0.29, 0.717) is 13.0 Å². The summed E-state index contributed by atoms with van der Waals surface area (Å²) in [7, 11) is 0. The van der Waals surface area contributed by atoms with E-state index in [1.54, 1.807) is 6.34 Å². The van der Waals surface area contributed by atoms with Crippen molar-refractivity contribution in [2.75, 3.05) is 6.54 Å². The van der Waals surface area contributed by atoms with Crippen LogP contribution in [-0.4, -0.2) is 18.6 Å². The largest absolute Gasteiger partial charge is 0.261 e. The Labute approximate surface area is 83.8 Å². The molecule has 68 valence electrons. The molecule has 2 nitrogen and oxygen atoms in total. The third kappa shape index (κ3) is 2.12. The van der Waals surface area contributed by atoms with Crippen LogP contribution in [0.5, 0.6) is 0 Å². The van der Waals surface area contributed by atoms with Crippen LogP contribution in [0.1, 0.15) is 12.8 Å². The molecule has 1 heterocycles. The maximum Gasteiger partial charge on any atom is 0.111 e. The maximum atomic E-state index is 4.28. The van der Waals surface area contributed by atoms with Gasteiger partial charge in [0.1, 0.15) is 12.9 Å². The average Bonchev–Trinajstić information content (AvgIpc) is 2.13. The summed E-state index contributed by atoms with van der Waals surface area (Å²) in [6, 6.07) is 0. The van der Waals surface area contributed by atoms with E-state index in [9.17, 15) is 0 Å². The van der Waals surface area contributed by atoms with Gasteiger partial charge in [0.15, 0.2) is 0 Å². The summed E-state index contributed by atoms with van der Waals surface area (Å²) < 4.78 is 0. The zero-order valence-corrected chi connectivity index (χ0v) is 7.83. The monoisotopic (exact) mass is 182 g/mol. The molecule has 1 atom stereocenters. The van der Waals surface area contributed by atoms with Gasteiger partial charge >= 0.3 is 0 Å². The Balaban J connectivity index is 2.33. The molecule has 0 saturated carbocycles. The minimum atomic E-state index is 0.136. The number of nitrogens with zero attached hydrogens (tertiary/aromatic N) is 2. The zero-order valence-electron chi connectivity index (χ0n) is 7.83. The molecule has 0 fully saturated rings. The number of hydrogen-bond acceptors (Lipinski definition) is 2. The van der Waals surface area contributed by atoms with Crippen LogP contribution in [0.25, 0.3) is 0 Å². The average molecular weight is 182 g/mol. The van der Waals surface area contributed by atoms with Crippen molar-refractivity contribution in [3.05, 3.63) is 12.2 Å². The molecule has 0 N–H and O–H groups in total. The van der Waals surface area contributed by atoms with E-state index in [2.05, 4.69) is 45.8 Å². The lowest BCUT2D eigenvalue weighted by Crippen LogP contribution is -2.12. The topological polar surface area (TPSA) is 24.7 Å². The van der Waals surface area contributed by atoms with Crippen molar-refractivity contribution in [3.8, 4) is 23.7 Å². The van der Waals surface area contributed by atoms with Gasteiger partial charge < -0.3 is 0 Å². The molecule has 0 bridgehead atoms. The standard InChI is InChI=1S/C12H10N2/c1-2-4-8-12-11(6-3-1)7-5-9-13-10-14-12/h3,6,10-11H,1,8-9H2/b6-3-,13-10?,14-12?. The third-order valence-electron chi connectivity index (χ3n) is 2.04.